The van der Waals surface area contributed by atoms with E-state index in [4.69, 9.17) is 11.6 Å². The molecule has 2 nitrogen and oxygen atoms in total. The van der Waals surface area contributed by atoms with Crippen LogP contribution in [0.2, 0.25) is 5.02 Å². The largest absolute Gasteiger partial charge is 0.291 e. The molecule has 3 rings (SSSR count). The number of allylic oxidation sites excluding steroid dienone is 2. The number of hydrogen-bond donors (Lipinski definition) is 0. The average Bonchev–Trinajstić information content (AvgIpc) is 2.82. The normalized spacial score (nSPS) is 17.3. The van der Waals surface area contributed by atoms with Crippen molar-refractivity contribution in [3.8, 4) is 0 Å². The topological polar surface area (TPSA) is 20.3 Å². The first kappa shape index (κ1) is 14.6. The summed E-state index contributed by atoms with van der Waals surface area (Å²) in [5.74, 6) is 0.235. The van der Waals surface area contributed by atoms with Gasteiger partial charge in [0.2, 0.25) is 0 Å². The second-order valence-electron chi connectivity index (χ2n) is 5.20. The molecule has 0 N–H and O–H groups in total. The van der Waals surface area contributed by atoms with E-state index in [0.717, 1.165) is 6.42 Å². The predicted octanol–water partition coefficient (Wildman–Crippen LogP) is 5.00. The van der Waals surface area contributed by atoms with E-state index in [9.17, 15) is 4.79 Å². The summed E-state index contributed by atoms with van der Waals surface area (Å²) in [7, 11) is 0. The number of halogens is 1. The lowest BCUT2D eigenvalue weighted by Gasteiger charge is -2.13. The second kappa shape index (κ2) is 6.63. The molecule has 110 valence electrons. The quantitative estimate of drug-likeness (QED) is 0.764. The second-order valence-corrected chi connectivity index (χ2v) is 5.63. The summed E-state index contributed by atoms with van der Waals surface area (Å²) in [6.07, 6.45) is 8.66. The van der Waals surface area contributed by atoms with E-state index >= 15 is 0 Å². The molecule has 0 spiro atoms. The Morgan fingerprint density at radius 3 is 2.45 bits per heavy atom. The minimum absolute atomic E-state index is 0.0575. The van der Waals surface area contributed by atoms with Crippen LogP contribution in [0.3, 0.4) is 0 Å². The third kappa shape index (κ3) is 3.29. The van der Waals surface area contributed by atoms with Gasteiger partial charge >= 0.3 is 0 Å². The van der Waals surface area contributed by atoms with Crippen molar-refractivity contribution in [2.45, 2.75) is 12.3 Å². The number of hydrogen-bond acceptors (Lipinski definition) is 1. The standard InChI is InChI=1S/C19H16ClNO/c20-18-10-8-17(9-11-18)19(22)21-13-4-7-16(12-14-21)15-5-2-1-3-6-15/h1-6,8-14,16H,7H2. The molecule has 2 aromatic rings. The van der Waals surface area contributed by atoms with Gasteiger partial charge in [-0.2, -0.15) is 0 Å². The van der Waals surface area contributed by atoms with Gasteiger partial charge in [-0.15, -0.1) is 0 Å². The van der Waals surface area contributed by atoms with Crippen molar-refractivity contribution in [3.63, 3.8) is 0 Å². The van der Waals surface area contributed by atoms with E-state index in [-0.39, 0.29) is 5.91 Å². The highest BCUT2D eigenvalue weighted by molar-refractivity contribution is 6.30. The highest BCUT2D eigenvalue weighted by atomic mass is 35.5. The van der Waals surface area contributed by atoms with Crippen molar-refractivity contribution in [3.05, 3.63) is 95.3 Å². The van der Waals surface area contributed by atoms with E-state index in [1.54, 1.807) is 29.2 Å². The molecule has 0 radical (unpaired) electrons. The Labute approximate surface area is 135 Å². The van der Waals surface area contributed by atoms with Gasteiger partial charge in [0, 0.05) is 28.9 Å². The maximum Gasteiger partial charge on any atom is 0.261 e. The molecule has 1 heterocycles. The van der Waals surface area contributed by atoms with E-state index in [2.05, 4.69) is 18.2 Å². The van der Waals surface area contributed by atoms with Gasteiger partial charge < -0.3 is 0 Å². The fraction of sp³-hybridized carbons (Fsp3) is 0.105. The monoisotopic (exact) mass is 309 g/mol. The van der Waals surface area contributed by atoms with Crippen molar-refractivity contribution < 1.29 is 4.79 Å². The van der Waals surface area contributed by atoms with Crippen LogP contribution in [-0.4, -0.2) is 10.8 Å². The Morgan fingerprint density at radius 2 is 1.73 bits per heavy atom. The molecular weight excluding hydrogens is 294 g/mol. The van der Waals surface area contributed by atoms with Crippen LogP contribution < -0.4 is 0 Å². The molecule has 1 amide bonds. The van der Waals surface area contributed by atoms with Gasteiger partial charge in [0.15, 0.2) is 0 Å². The lowest BCUT2D eigenvalue weighted by molar-refractivity contribution is 0.0869. The molecule has 0 fully saturated rings. The molecule has 0 saturated carbocycles. The number of carbonyl (C=O) groups is 1. The predicted molar refractivity (Wildman–Crippen MR) is 89.7 cm³/mol. The number of carbonyl (C=O) groups excluding carboxylic acids is 1. The summed E-state index contributed by atoms with van der Waals surface area (Å²) >= 11 is 5.86. The van der Waals surface area contributed by atoms with E-state index < -0.39 is 0 Å². The SMILES string of the molecule is O=C(c1ccc(Cl)cc1)N1C=CCC(c2ccccc2)C=C1. The number of nitrogens with zero attached hydrogens (tertiary/aromatic N) is 1. The minimum Gasteiger partial charge on any atom is -0.291 e. The molecule has 0 bridgehead atoms. The van der Waals surface area contributed by atoms with Crippen molar-refractivity contribution in [2.24, 2.45) is 0 Å². The van der Waals surface area contributed by atoms with Crippen LogP contribution in [0.1, 0.15) is 28.3 Å². The van der Waals surface area contributed by atoms with Gasteiger partial charge in [0.25, 0.3) is 5.91 Å². The molecule has 22 heavy (non-hydrogen) atoms. The molecule has 0 aliphatic carbocycles. The molecule has 1 unspecified atom stereocenters. The molecule has 1 aliphatic rings. The van der Waals surface area contributed by atoms with E-state index in [1.165, 1.54) is 5.56 Å². The Hall–Kier alpha value is -2.32. The number of amides is 1. The fourth-order valence-electron chi connectivity index (χ4n) is 2.47. The minimum atomic E-state index is -0.0575. The first-order valence-electron chi connectivity index (χ1n) is 7.22. The van der Waals surface area contributed by atoms with Crippen molar-refractivity contribution in [2.75, 3.05) is 0 Å². The molecule has 0 saturated heterocycles. The van der Waals surface area contributed by atoms with Gasteiger partial charge in [-0.25, -0.2) is 0 Å². The van der Waals surface area contributed by atoms with Crippen molar-refractivity contribution in [1.29, 1.82) is 0 Å². The van der Waals surface area contributed by atoms with Crippen molar-refractivity contribution in [1.82, 2.24) is 4.90 Å². The van der Waals surface area contributed by atoms with Crippen LogP contribution in [-0.2, 0) is 0 Å². The molecular formula is C19H16ClNO. The lowest BCUT2D eigenvalue weighted by atomic mass is 9.96. The Morgan fingerprint density at radius 1 is 1.00 bits per heavy atom. The Bertz CT molecular complexity index is 704. The number of benzene rings is 2. The summed E-state index contributed by atoms with van der Waals surface area (Å²) in [6.45, 7) is 0. The summed E-state index contributed by atoms with van der Waals surface area (Å²) < 4.78 is 0. The van der Waals surface area contributed by atoms with E-state index in [0.29, 0.717) is 16.5 Å². The number of rotatable bonds is 2. The first-order chi connectivity index (χ1) is 10.7. The highest BCUT2D eigenvalue weighted by Gasteiger charge is 2.15. The van der Waals surface area contributed by atoms with Crippen LogP contribution >= 0.6 is 11.6 Å². The van der Waals surface area contributed by atoms with Gasteiger partial charge in [0.1, 0.15) is 0 Å². The van der Waals surface area contributed by atoms with Crippen molar-refractivity contribution >= 4 is 17.5 Å². The highest BCUT2D eigenvalue weighted by Crippen LogP contribution is 2.24. The van der Waals surface area contributed by atoms with Crippen LogP contribution in [0, 0.1) is 0 Å². The summed E-state index contributed by atoms with van der Waals surface area (Å²) in [5, 5.41) is 0.627. The summed E-state index contributed by atoms with van der Waals surface area (Å²) in [6, 6.07) is 17.2. The Kier molecular flexibility index (Phi) is 4.40. The zero-order valence-electron chi connectivity index (χ0n) is 12.0. The summed E-state index contributed by atoms with van der Waals surface area (Å²) in [4.78, 5) is 14.1. The summed E-state index contributed by atoms with van der Waals surface area (Å²) in [5.41, 5.74) is 1.88. The molecule has 0 aromatic heterocycles. The fourth-order valence-corrected chi connectivity index (χ4v) is 2.60. The molecule has 2 aromatic carbocycles. The zero-order chi connectivity index (χ0) is 15.4. The average molecular weight is 310 g/mol. The smallest absolute Gasteiger partial charge is 0.261 e. The van der Waals surface area contributed by atoms with Crippen LogP contribution in [0.25, 0.3) is 0 Å². The van der Waals surface area contributed by atoms with Crippen LogP contribution in [0.5, 0.6) is 0 Å². The van der Waals surface area contributed by atoms with Crippen LogP contribution in [0.15, 0.2) is 79.1 Å². The van der Waals surface area contributed by atoms with Crippen LogP contribution in [0.4, 0.5) is 0 Å². The first-order valence-corrected chi connectivity index (χ1v) is 7.60. The molecule has 1 aliphatic heterocycles. The Balaban J connectivity index is 1.79. The molecule has 1 atom stereocenters. The molecule has 3 heteroatoms. The third-order valence-electron chi connectivity index (χ3n) is 3.69. The van der Waals surface area contributed by atoms with E-state index in [1.807, 2.05) is 36.7 Å². The van der Waals surface area contributed by atoms with Gasteiger partial charge in [-0.1, -0.05) is 54.1 Å². The lowest BCUT2D eigenvalue weighted by Crippen LogP contribution is -2.19. The maximum atomic E-state index is 12.5. The van der Waals surface area contributed by atoms with Gasteiger partial charge in [-0.3, -0.25) is 9.69 Å². The van der Waals surface area contributed by atoms with Gasteiger partial charge in [0.05, 0.1) is 0 Å². The third-order valence-corrected chi connectivity index (χ3v) is 3.94. The zero-order valence-corrected chi connectivity index (χ0v) is 12.8. The van der Waals surface area contributed by atoms with Gasteiger partial charge in [-0.05, 0) is 36.2 Å². The maximum absolute atomic E-state index is 12.5.